The van der Waals surface area contributed by atoms with Crippen molar-refractivity contribution < 1.29 is 8.94 Å². The largest absolute Gasteiger partial charge is 0.461 e. The molecule has 6 nitrogen and oxygen atoms in total. The van der Waals surface area contributed by atoms with Crippen LogP contribution in [0.15, 0.2) is 27.3 Å². The molecule has 0 amide bonds. The van der Waals surface area contributed by atoms with E-state index in [0.717, 1.165) is 25.6 Å². The van der Waals surface area contributed by atoms with Gasteiger partial charge in [0.1, 0.15) is 0 Å². The highest BCUT2D eigenvalue weighted by atomic mass is 35.5. The first-order chi connectivity index (χ1) is 9.35. The number of aromatic nitrogens is 2. The molecule has 1 unspecified atom stereocenters. The summed E-state index contributed by atoms with van der Waals surface area (Å²) in [6.45, 7) is 3.95. The first-order valence-electron chi connectivity index (χ1n) is 6.58. The van der Waals surface area contributed by atoms with Crippen LogP contribution < -0.4 is 5.32 Å². The zero-order chi connectivity index (χ0) is 13.1. The fourth-order valence-corrected chi connectivity index (χ4v) is 2.53. The van der Waals surface area contributed by atoms with Crippen LogP contribution in [0.25, 0.3) is 11.6 Å². The number of likely N-dealkylation sites (tertiary alicyclic amines) is 1. The monoisotopic (exact) mass is 298 g/mol. The Hall–Kier alpha value is -1.37. The molecule has 2 aromatic heterocycles. The Balaban J connectivity index is 0.00000147. The molecule has 7 heteroatoms. The van der Waals surface area contributed by atoms with Gasteiger partial charge in [0, 0.05) is 6.54 Å². The summed E-state index contributed by atoms with van der Waals surface area (Å²) in [6, 6.07) is 3.64. The second-order valence-corrected chi connectivity index (χ2v) is 4.94. The lowest BCUT2D eigenvalue weighted by Gasteiger charge is -2.12. The van der Waals surface area contributed by atoms with Crippen molar-refractivity contribution in [3.8, 4) is 11.6 Å². The molecule has 1 aliphatic heterocycles. The average molecular weight is 299 g/mol. The Kier molecular flexibility index (Phi) is 5.17. The van der Waals surface area contributed by atoms with Gasteiger partial charge in [-0.3, -0.25) is 4.90 Å². The van der Waals surface area contributed by atoms with E-state index in [1.54, 1.807) is 6.26 Å². The van der Waals surface area contributed by atoms with E-state index in [-0.39, 0.29) is 12.4 Å². The van der Waals surface area contributed by atoms with Crippen LogP contribution in [-0.4, -0.2) is 41.7 Å². The summed E-state index contributed by atoms with van der Waals surface area (Å²) < 4.78 is 10.5. The molecule has 20 heavy (non-hydrogen) atoms. The molecular weight excluding hydrogens is 280 g/mol. The SMILES string of the molecule is CNCC1CCN(Cc2nc(-c3ccco3)no2)C1.Cl. The van der Waals surface area contributed by atoms with Crippen LogP contribution >= 0.6 is 12.4 Å². The second-order valence-electron chi connectivity index (χ2n) is 4.94. The third kappa shape index (κ3) is 3.39. The maximum absolute atomic E-state index is 5.27. The lowest BCUT2D eigenvalue weighted by Crippen LogP contribution is -2.24. The van der Waals surface area contributed by atoms with Gasteiger partial charge < -0.3 is 14.3 Å². The van der Waals surface area contributed by atoms with E-state index < -0.39 is 0 Å². The van der Waals surface area contributed by atoms with Crippen molar-refractivity contribution in [2.24, 2.45) is 5.92 Å². The average Bonchev–Trinajstić information content (AvgIpc) is 3.10. The van der Waals surface area contributed by atoms with Gasteiger partial charge in [0.2, 0.25) is 11.7 Å². The third-order valence-electron chi connectivity index (χ3n) is 3.43. The Morgan fingerprint density at radius 3 is 3.15 bits per heavy atom. The van der Waals surface area contributed by atoms with Crippen LogP contribution in [-0.2, 0) is 6.54 Å². The molecule has 0 saturated carbocycles. The molecule has 1 atom stereocenters. The summed E-state index contributed by atoms with van der Waals surface area (Å²) >= 11 is 0. The van der Waals surface area contributed by atoms with E-state index in [1.807, 2.05) is 19.2 Å². The molecule has 0 spiro atoms. The number of nitrogens with zero attached hydrogens (tertiary/aromatic N) is 3. The number of halogens is 1. The normalized spacial score (nSPS) is 19.1. The van der Waals surface area contributed by atoms with Gasteiger partial charge in [-0.25, -0.2) is 0 Å². The summed E-state index contributed by atoms with van der Waals surface area (Å²) in [6.07, 6.45) is 2.83. The first-order valence-corrected chi connectivity index (χ1v) is 6.58. The molecule has 0 bridgehead atoms. The number of hydrogen-bond donors (Lipinski definition) is 1. The second kappa shape index (κ2) is 6.88. The Morgan fingerprint density at radius 1 is 1.50 bits per heavy atom. The number of hydrogen-bond acceptors (Lipinski definition) is 6. The van der Waals surface area contributed by atoms with Gasteiger partial charge in [-0.05, 0) is 44.6 Å². The smallest absolute Gasteiger partial charge is 0.241 e. The number of furan rings is 1. The summed E-state index contributed by atoms with van der Waals surface area (Å²) in [4.78, 5) is 6.71. The summed E-state index contributed by atoms with van der Waals surface area (Å²) in [5.74, 6) is 2.53. The van der Waals surface area contributed by atoms with Crippen LogP contribution in [0.2, 0.25) is 0 Å². The van der Waals surface area contributed by atoms with Gasteiger partial charge in [0.15, 0.2) is 5.76 Å². The fourth-order valence-electron chi connectivity index (χ4n) is 2.53. The molecule has 1 aliphatic rings. The van der Waals surface area contributed by atoms with Gasteiger partial charge in [-0.15, -0.1) is 12.4 Å². The predicted octanol–water partition coefficient (Wildman–Crippen LogP) is 1.79. The Labute approximate surface area is 123 Å². The molecule has 3 heterocycles. The number of nitrogens with one attached hydrogen (secondary N) is 1. The molecule has 2 aromatic rings. The topological polar surface area (TPSA) is 67.3 Å². The highest BCUT2D eigenvalue weighted by Crippen LogP contribution is 2.20. The van der Waals surface area contributed by atoms with Crippen molar-refractivity contribution in [3.05, 3.63) is 24.3 Å². The zero-order valence-electron chi connectivity index (χ0n) is 11.4. The van der Waals surface area contributed by atoms with Gasteiger partial charge >= 0.3 is 0 Å². The van der Waals surface area contributed by atoms with E-state index >= 15 is 0 Å². The van der Waals surface area contributed by atoms with Gasteiger partial charge in [-0.1, -0.05) is 5.16 Å². The van der Waals surface area contributed by atoms with E-state index in [2.05, 4.69) is 20.4 Å². The van der Waals surface area contributed by atoms with Crippen molar-refractivity contribution in [1.82, 2.24) is 20.4 Å². The summed E-state index contributed by atoms with van der Waals surface area (Å²) in [5.41, 5.74) is 0. The van der Waals surface area contributed by atoms with Gasteiger partial charge in [0.25, 0.3) is 0 Å². The van der Waals surface area contributed by atoms with Gasteiger partial charge in [-0.2, -0.15) is 4.98 Å². The van der Waals surface area contributed by atoms with Crippen LogP contribution in [0.1, 0.15) is 12.3 Å². The minimum absolute atomic E-state index is 0. The third-order valence-corrected chi connectivity index (χ3v) is 3.43. The molecule has 110 valence electrons. The Bertz CT molecular complexity index is 514. The molecule has 0 radical (unpaired) electrons. The van der Waals surface area contributed by atoms with Crippen molar-refractivity contribution in [2.75, 3.05) is 26.7 Å². The molecule has 1 fully saturated rings. The Morgan fingerprint density at radius 2 is 2.40 bits per heavy atom. The van der Waals surface area contributed by atoms with Crippen LogP contribution in [0.4, 0.5) is 0 Å². The fraction of sp³-hybridized carbons (Fsp3) is 0.538. The lowest BCUT2D eigenvalue weighted by molar-refractivity contribution is 0.260. The highest BCUT2D eigenvalue weighted by molar-refractivity contribution is 5.85. The standard InChI is InChI=1S/C13H18N4O2.ClH/c1-14-7-10-4-5-17(8-10)9-12-15-13(16-19-12)11-3-2-6-18-11;/h2-3,6,10,14H,4-5,7-9H2,1H3;1H. The van der Waals surface area contributed by atoms with Crippen LogP contribution in [0.3, 0.4) is 0 Å². The van der Waals surface area contributed by atoms with Crippen LogP contribution in [0, 0.1) is 5.92 Å². The molecular formula is C13H19ClN4O2. The molecule has 1 N–H and O–H groups in total. The molecule has 0 aliphatic carbocycles. The molecule has 3 rings (SSSR count). The maximum atomic E-state index is 5.27. The maximum Gasteiger partial charge on any atom is 0.241 e. The van der Waals surface area contributed by atoms with Crippen molar-refractivity contribution in [2.45, 2.75) is 13.0 Å². The van der Waals surface area contributed by atoms with Crippen LogP contribution in [0.5, 0.6) is 0 Å². The summed E-state index contributed by atoms with van der Waals surface area (Å²) in [5, 5.41) is 7.16. The minimum Gasteiger partial charge on any atom is -0.461 e. The number of rotatable bonds is 5. The van der Waals surface area contributed by atoms with E-state index in [4.69, 9.17) is 8.94 Å². The highest BCUT2D eigenvalue weighted by Gasteiger charge is 2.23. The quantitative estimate of drug-likeness (QED) is 0.908. The minimum atomic E-state index is 0. The molecule has 1 saturated heterocycles. The zero-order valence-corrected chi connectivity index (χ0v) is 12.2. The van der Waals surface area contributed by atoms with Gasteiger partial charge in [0.05, 0.1) is 12.8 Å². The van der Waals surface area contributed by atoms with Crippen molar-refractivity contribution >= 4 is 12.4 Å². The van der Waals surface area contributed by atoms with Crippen molar-refractivity contribution in [1.29, 1.82) is 0 Å². The van der Waals surface area contributed by atoms with E-state index in [0.29, 0.717) is 24.0 Å². The lowest BCUT2D eigenvalue weighted by atomic mass is 10.1. The van der Waals surface area contributed by atoms with E-state index in [9.17, 15) is 0 Å². The summed E-state index contributed by atoms with van der Waals surface area (Å²) in [7, 11) is 2.00. The van der Waals surface area contributed by atoms with E-state index in [1.165, 1.54) is 6.42 Å². The molecule has 0 aromatic carbocycles. The first kappa shape index (κ1) is 15.0. The predicted molar refractivity (Wildman–Crippen MR) is 76.6 cm³/mol. The van der Waals surface area contributed by atoms with Crippen molar-refractivity contribution in [3.63, 3.8) is 0 Å².